The van der Waals surface area contributed by atoms with Crippen LogP contribution in [0.4, 0.5) is 8.78 Å². The first-order valence-electron chi connectivity index (χ1n) is 12.5. The van der Waals surface area contributed by atoms with Crippen molar-refractivity contribution in [3.63, 3.8) is 0 Å². The number of aliphatic hydroxyl groups is 2. The van der Waals surface area contributed by atoms with Gasteiger partial charge in [0.2, 0.25) is 0 Å². The predicted molar refractivity (Wildman–Crippen MR) is 127 cm³/mol. The fraction of sp³-hybridized carbons (Fsp3) is 0.600. The highest BCUT2D eigenvalue weighted by atomic mass is 19.2. The van der Waals surface area contributed by atoms with Gasteiger partial charge in [-0.3, -0.25) is 0 Å². The Labute approximate surface area is 213 Å². The Hall–Kier alpha value is -2.80. The Morgan fingerprint density at radius 2 is 1.86 bits per heavy atom. The van der Waals surface area contributed by atoms with E-state index in [9.17, 15) is 19.0 Å². The molecule has 200 valence electrons. The van der Waals surface area contributed by atoms with Gasteiger partial charge in [-0.1, -0.05) is 30.3 Å². The van der Waals surface area contributed by atoms with Gasteiger partial charge in [0.05, 0.1) is 30.6 Å². The highest BCUT2D eigenvalue weighted by Crippen LogP contribution is 2.47. The van der Waals surface area contributed by atoms with Crippen LogP contribution >= 0.6 is 0 Å². The van der Waals surface area contributed by atoms with Crippen LogP contribution < -0.4 is 0 Å². The van der Waals surface area contributed by atoms with E-state index < -0.39 is 48.7 Å². The minimum atomic E-state index is -1.20. The largest absolute Gasteiger partial charge is 0.394 e. The van der Waals surface area contributed by atoms with Crippen LogP contribution in [0.15, 0.2) is 24.5 Å². The zero-order chi connectivity index (χ0) is 26.4. The summed E-state index contributed by atoms with van der Waals surface area (Å²) in [6, 6.07) is 2.42. The Balaban J connectivity index is 1.40. The second kappa shape index (κ2) is 10.2. The normalized spacial score (nSPS) is 29.7. The first-order valence-corrected chi connectivity index (χ1v) is 12.5. The molecule has 2 fully saturated rings. The number of halogens is 2. The van der Waals surface area contributed by atoms with E-state index in [1.165, 1.54) is 37.0 Å². The van der Waals surface area contributed by atoms with Crippen molar-refractivity contribution in [3.05, 3.63) is 47.4 Å². The number of nitrogens with zero attached hydrogens (tertiary/aromatic N) is 6. The summed E-state index contributed by atoms with van der Waals surface area (Å²) in [6.07, 6.45) is 1.31. The average Bonchev–Trinajstić information content (AvgIpc) is 3.31. The fourth-order valence-electron chi connectivity index (χ4n) is 5.32. The summed E-state index contributed by atoms with van der Waals surface area (Å²) in [7, 11) is 1.49. The number of aliphatic hydroxyl groups excluding tert-OH is 2. The Kier molecular flexibility index (Phi) is 7.10. The maximum Gasteiger partial charge on any atom is 0.168 e. The van der Waals surface area contributed by atoms with Crippen LogP contribution in [-0.2, 0) is 15.9 Å². The standard InChI is InChI=1S/C25H32F2N6O4/c1-12(2)16-8-18(16)32-9-14(28-30-32)7-19-25(36-4)23(24(35)20(11-34)37-19)33-10-17(29-31-33)15-6-5-13(3)21(26)22(15)27/h5-6,9-10,12,16,18-20,23-25,34-35H,7-8,11H2,1-4H3/t16-,18+,19+,20+,23-,24-,25-/m0/s1. The molecule has 37 heavy (non-hydrogen) atoms. The smallest absolute Gasteiger partial charge is 0.168 e. The van der Waals surface area contributed by atoms with Crippen LogP contribution in [0.1, 0.15) is 43.6 Å². The van der Waals surface area contributed by atoms with Crippen molar-refractivity contribution < 1.29 is 28.5 Å². The van der Waals surface area contributed by atoms with Gasteiger partial charge in [-0.15, -0.1) is 10.2 Å². The van der Waals surface area contributed by atoms with E-state index >= 15 is 0 Å². The SMILES string of the molecule is CO[C@@H]1[C@@H](n2cc(-c3ccc(C)c(F)c3F)nn2)[C@@H](O)[C@@H](CO)O[C@@H]1Cc1cn([C@@H]2C[C@H]2C(C)C)nn1. The van der Waals surface area contributed by atoms with Gasteiger partial charge >= 0.3 is 0 Å². The van der Waals surface area contributed by atoms with Gasteiger partial charge < -0.3 is 19.7 Å². The van der Waals surface area contributed by atoms with Gasteiger partial charge in [-0.25, -0.2) is 18.1 Å². The summed E-state index contributed by atoms with van der Waals surface area (Å²) in [6.45, 7) is 5.43. The topological polar surface area (TPSA) is 120 Å². The molecule has 3 heterocycles. The van der Waals surface area contributed by atoms with E-state index in [1.807, 2.05) is 10.9 Å². The van der Waals surface area contributed by atoms with Crippen molar-refractivity contribution in [2.75, 3.05) is 13.7 Å². The molecule has 5 rings (SSSR count). The molecule has 1 aliphatic heterocycles. The minimum Gasteiger partial charge on any atom is -0.394 e. The molecule has 0 unspecified atom stereocenters. The highest BCUT2D eigenvalue weighted by Gasteiger charge is 2.47. The molecule has 1 saturated carbocycles. The molecule has 2 aromatic heterocycles. The number of benzene rings is 1. The number of hydrogen-bond acceptors (Lipinski definition) is 8. The van der Waals surface area contributed by atoms with Crippen molar-refractivity contribution in [1.29, 1.82) is 0 Å². The number of aryl methyl sites for hydroxylation is 1. The van der Waals surface area contributed by atoms with Crippen LogP contribution in [0.5, 0.6) is 0 Å². The molecule has 0 bridgehead atoms. The molecular formula is C25H32F2N6O4. The summed E-state index contributed by atoms with van der Waals surface area (Å²) < 4.78 is 43.7. The predicted octanol–water partition coefficient (Wildman–Crippen LogP) is 2.26. The van der Waals surface area contributed by atoms with Gasteiger partial charge in [0.15, 0.2) is 11.6 Å². The molecule has 2 N–H and O–H groups in total. The van der Waals surface area contributed by atoms with Crippen LogP contribution in [0.2, 0.25) is 0 Å². The lowest BCUT2D eigenvalue weighted by Gasteiger charge is -2.43. The van der Waals surface area contributed by atoms with Gasteiger partial charge in [0.25, 0.3) is 0 Å². The molecule has 10 nitrogen and oxygen atoms in total. The first kappa shape index (κ1) is 25.8. The maximum absolute atomic E-state index is 14.6. The number of ether oxygens (including phenoxy) is 2. The molecule has 2 aliphatic rings. The van der Waals surface area contributed by atoms with Crippen molar-refractivity contribution >= 4 is 0 Å². The summed E-state index contributed by atoms with van der Waals surface area (Å²) in [5.41, 5.74) is 0.940. The van der Waals surface area contributed by atoms with Gasteiger partial charge in [0, 0.05) is 25.3 Å². The first-order chi connectivity index (χ1) is 17.7. The van der Waals surface area contributed by atoms with Gasteiger partial charge in [-0.2, -0.15) is 0 Å². The van der Waals surface area contributed by atoms with Crippen molar-refractivity contribution in [2.45, 2.75) is 70.1 Å². The summed E-state index contributed by atoms with van der Waals surface area (Å²) in [5.74, 6) is -0.819. The van der Waals surface area contributed by atoms with Crippen molar-refractivity contribution in [1.82, 2.24) is 30.0 Å². The zero-order valence-electron chi connectivity index (χ0n) is 21.2. The summed E-state index contributed by atoms with van der Waals surface area (Å²) in [5, 5.41) is 37.7. The Morgan fingerprint density at radius 1 is 1.11 bits per heavy atom. The third-order valence-corrected chi connectivity index (χ3v) is 7.57. The molecule has 12 heteroatoms. The summed E-state index contributed by atoms with van der Waals surface area (Å²) >= 11 is 0. The van der Waals surface area contributed by atoms with E-state index in [0.29, 0.717) is 30.0 Å². The maximum atomic E-state index is 14.6. The molecule has 0 radical (unpaired) electrons. The van der Waals surface area contributed by atoms with E-state index in [-0.39, 0.29) is 16.8 Å². The zero-order valence-corrected chi connectivity index (χ0v) is 21.2. The monoisotopic (exact) mass is 518 g/mol. The molecule has 3 aromatic rings. The van der Waals surface area contributed by atoms with E-state index in [4.69, 9.17) is 9.47 Å². The molecule has 7 atom stereocenters. The minimum absolute atomic E-state index is 0.0449. The van der Waals surface area contributed by atoms with E-state index in [1.54, 1.807) is 0 Å². The molecular weight excluding hydrogens is 486 g/mol. The quantitative estimate of drug-likeness (QED) is 0.466. The van der Waals surface area contributed by atoms with Crippen LogP contribution in [-0.4, -0.2) is 78.3 Å². The Bertz CT molecular complexity index is 1250. The van der Waals surface area contributed by atoms with Crippen LogP contribution in [0.3, 0.4) is 0 Å². The fourth-order valence-corrected chi connectivity index (χ4v) is 5.32. The van der Waals surface area contributed by atoms with Crippen LogP contribution in [0, 0.1) is 30.4 Å². The van der Waals surface area contributed by atoms with E-state index in [0.717, 1.165) is 6.42 Å². The molecule has 0 spiro atoms. The lowest BCUT2D eigenvalue weighted by Crippen LogP contribution is -2.57. The van der Waals surface area contributed by atoms with Gasteiger partial charge in [-0.05, 0) is 36.8 Å². The molecule has 1 aromatic carbocycles. The molecule has 1 saturated heterocycles. The highest BCUT2D eigenvalue weighted by molar-refractivity contribution is 5.59. The number of aromatic nitrogens is 6. The third kappa shape index (κ3) is 4.78. The van der Waals surface area contributed by atoms with Gasteiger partial charge in [0.1, 0.15) is 30.0 Å². The lowest BCUT2D eigenvalue weighted by atomic mass is 9.90. The lowest BCUT2D eigenvalue weighted by molar-refractivity contribution is -0.212. The van der Waals surface area contributed by atoms with Crippen LogP contribution in [0.25, 0.3) is 11.3 Å². The Morgan fingerprint density at radius 3 is 2.54 bits per heavy atom. The second-order valence-electron chi connectivity index (χ2n) is 10.3. The number of methoxy groups -OCH3 is 1. The van der Waals surface area contributed by atoms with Crippen molar-refractivity contribution in [2.24, 2.45) is 11.8 Å². The third-order valence-electron chi connectivity index (χ3n) is 7.57. The van der Waals surface area contributed by atoms with Crippen molar-refractivity contribution in [3.8, 4) is 11.3 Å². The average molecular weight is 519 g/mol. The molecule has 0 amide bonds. The number of rotatable bonds is 8. The summed E-state index contributed by atoms with van der Waals surface area (Å²) in [4.78, 5) is 0. The second-order valence-corrected chi connectivity index (χ2v) is 10.3. The number of hydrogen-bond donors (Lipinski definition) is 2. The van der Waals surface area contributed by atoms with E-state index in [2.05, 4.69) is 34.5 Å². The molecule has 1 aliphatic carbocycles.